The second-order valence-corrected chi connectivity index (χ2v) is 5.49. The van der Waals surface area contributed by atoms with Gasteiger partial charge >= 0.3 is 0 Å². The van der Waals surface area contributed by atoms with Crippen molar-refractivity contribution in [1.29, 1.82) is 0 Å². The van der Waals surface area contributed by atoms with E-state index in [1.165, 1.54) is 0 Å². The van der Waals surface area contributed by atoms with E-state index in [9.17, 15) is 4.79 Å². The summed E-state index contributed by atoms with van der Waals surface area (Å²) in [7, 11) is 1.83. The standard InChI is InChI=1S/C15H21ClN2O2.ClH/c1-18(15(19)12-5-4-8-17-11-12)9-10-20-14-7-3-2-6-13(14)16;/h2-3,6-7,12,17H,4-5,8-11H2,1H3;1H/t12-;/m1./s1. The molecule has 0 bridgehead atoms. The SMILES string of the molecule is CN(CCOc1ccccc1Cl)C(=O)[C@@H]1CCCNC1.Cl. The van der Waals surface area contributed by atoms with Crippen molar-refractivity contribution in [2.24, 2.45) is 5.92 Å². The van der Waals surface area contributed by atoms with Gasteiger partial charge in [-0.05, 0) is 31.5 Å². The van der Waals surface area contributed by atoms with Crippen molar-refractivity contribution in [1.82, 2.24) is 10.2 Å². The van der Waals surface area contributed by atoms with Crippen molar-refractivity contribution in [3.8, 4) is 5.75 Å². The topological polar surface area (TPSA) is 41.6 Å². The Bertz CT molecular complexity index is 451. The lowest BCUT2D eigenvalue weighted by Crippen LogP contribution is -2.42. The molecule has 0 saturated carbocycles. The van der Waals surface area contributed by atoms with Crippen LogP contribution in [-0.2, 0) is 4.79 Å². The summed E-state index contributed by atoms with van der Waals surface area (Å²) in [5, 5.41) is 3.86. The number of likely N-dealkylation sites (N-methyl/N-ethyl adjacent to an activating group) is 1. The first-order valence-corrected chi connectivity index (χ1v) is 7.39. The summed E-state index contributed by atoms with van der Waals surface area (Å²) in [6, 6.07) is 7.36. The molecular formula is C15H22Cl2N2O2. The van der Waals surface area contributed by atoms with E-state index in [0.717, 1.165) is 25.9 Å². The average molecular weight is 333 g/mol. The number of carbonyl (C=O) groups is 1. The van der Waals surface area contributed by atoms with Crippen LogP contribution in [0.3, 0.4) is 0 Å². The third-order valence-electron chi connectivity index (χ3n) is 3.54. The quantitative estimate of drug-likeness (QED) is 0.901. The molecule has 0 spiro atoms. The number of piperidine rings is 1. The summed E-state index contributed by atoms with van der Waals surface area (Å²) in [6.45, 7) is 2.82. The minimum Gasteiger partial charge on any atom is -0.490 e. The first-order chi connectivity index (χ1) is 9.68. The van der Waals surface area contributed by atoms with Gasteiger partial charge in [0.15, 0.2) is 0 Å². The fourth-order valence-corrected chi connectivity index (χ4v) is 2.53. The smallest absolute Gasteiger partial charge is 0.226 e. The molecule has 0 unspecified atom stereocenters. The Labute approximate surface area is 137 Å². The number of carbonyl (C=O) groups excluding carboxylic acids is 1. The predicted molar refractivity (Wildman–Crippen MR) is 87.4 cm³/mol. The van der Waals surface area contributed by atoms with E-state index in [2.05, 4.69) is 5.32 Å². The minimum atomic E-state index is 0. The molecule has 2 rings (SSSR count). The number of nitrogens with zero attached hydrogens (tertiary/aromatic N) is 1. The third-order valence-corrected chi connectivity index (χ3v) is 3.86. The molecule has 4 nitrogen and oxygen atoms in total. The molecule has 1 atom stereocenters. The van der Waals surface area contributed by atoms with Gasteiger partial charge in [0.2, 0.25) is 5.91 Å². The molecule has 1 heterocycles. The predicted octanol–water partition coefficient (Wildman–Crippen LogP) is 2.60. The number of nitrogens with one attached hydrogen (secondary N) is 1. The molecule has 6 heteroatoms. The zero-order valence-corrected chi connectivity index (χ0v) is 13.8. The van der Waals surface area contributed by atoms with Crippen molar-refractivity contribution in [3.63, 3.8) is 0 Å². The molecule has 1 fully saturated rings. The van der Waals surface area contributed by atoms with E-state index in [-0.39, 0.29) is 24.2 Å². The van der Waals surface area contributed by atoms with Gasteiger partial charge in [0.1, 0.15) is 12.4 Å². The normalized spacial score (nSPS) is 17.7. The highest BCUT2D eigenvalue weighted by atomic mass is 35.5. The van der Waals surface area contributed by atoms with Crippen LogP contribution in [0.5, 0.6) is 5.75 Å². The number of amides is 1. The number of para-hydroxylation sites is 1. The first kappa shape index (κ1) is 18.1. The lowest BCUT2D eigenvalue weighted by atomic mass is 9.98. The molecule has 1 amide bonds. The number of ether oxygens (including phenoxy) is 1. The summed E-state index contributed by atoms with van der Waals surface area (Å²) in [5.74, 6) is 0.961. The van der Waals surface area contributed by atoms with Crippen LogP contribution < -0.4 is 10.1 Å². The number of halogens is 2. The third kappa shape index (κ3) is 5.38. The van der Waals surface area contributed by atoms with Crippen LogP contribution in [0.1, 0.15) is 12.8 Å². The Morgan fingerprint density at radius 3 is 2.90 bits per heavy atom. The van der Waals surface area contributed by atoms with Crippen molar-refractivity contribution in [2.45, 2.75) is 12.8 Å². The molecule has 1 aromatic carbocycles. The van der Waals surface area contributed by atoms with E-state index >= 15 is 0 Å². The van der Waals surface area contributed by atoms with Gasteiger partial charge in [0, 0.05) is 13.6 Å². The minimum absolute atomic E-state index is 0. The number of benzene rings is 1. The highest BCUT2D eigenvalue weighted by Crippen LogP contribution is 2.22. The van der Waals surface area contributed by atoms with Gasteiger partial charge in [0.25, 0.3) is 0 Å². The summed E-state index contributed by atoms with van der Waals surface area (Å²) in [4.78, 5) is 14.0. The number of hydrogen-bond acceptors (Lipinski definition) is 3. The van der Waals surface area contributed by atoms with Gasteiger partial charge in [-0.15, -0.1) is 12.4 Å². The van der Waals surface area contributed by atoms with Crippen molar-refractivity contribution in [2.75, 3.05) is 33.3 Å². The molecule has 21 heavy (non-hydrogen) atoms. The van der Waals surface area contributed by atoms with Gasteiger partial charge in [-0.2, -0.15) is 0 Å². The second kappa shape index (κ2) is 9.13. The molecule has 1 aromatic rings. The Kier molecular flexibility index (Phi) is 7.86. The highest BCUT2D eigenvalue weighted by molar-refractivity contribution is 6.32. The lowest BCUT2D eigenvalue weighted by Gasteiger charge is -2.27. The van der Waals surface area contributed by atoms with Crippen molar-refractivity contribution >= 4 is 29.9 Å². The molecule has 1 N–H and O–H groups in total. The molecule has 0 aromatic heterocycles. The van der Waals surface area contributed by atoms with E-state index in [4.69, 9.17) is 16.3 Å². The van der Waals surface area contributed by atoms with Crippen LogP contribution >= 0.6 is 24.0 Å². The number of rotatable bonds is 5. The summed E-state index contributed by atoms with van der Waals surface area (Å²) >= 11 is 6.01. The van der Waals surface area contributed by atoms with Crippen LogP contribution in [0.2, 0.25) is 5.02 Å². The maximum absolute atomic E-state index is 12.2. The molecule has 118 valence electrons. The van der Waals surface area contributed by atoms with Crippen LogP contribution in [0.25, 0.3) is 0 Å². The lowest BCUT2D eigenvalue weighted by molar-refractivity contribution is -0.135. The largest absolute Gasteiger partial charge is 0.490 e. The maximum Gasteiger partial charge on any atom is 0.226 e. The second-order valence-electron chi connectivity index (χ2n) is 5.08. The van der Waals surface area contributed by atoms with Gasteiger partial charge in [-0.25, -0.2) is 0 Å². The summed E-state index contributed by atoms with van der Waals surface area (Å²) in [6.07, 6.45) is 2.04. The van der Waals surface area contributed by atoms with Crippen LogP contribution in [-0.4, -0.2) is 44.1 Å². The monoisotopic (exact) mass is 332 g/mol. The van der Waals surface area contributed by atoms with Crippen LogP contribution in [0.4, 0.5) is 0 Å². The van der Waals surface area contributed by atoms with Crippen molar-refractivity contribution in [3.05, 3.63) is 29.3 Å². The Hall–Kier alpha value is -0.970. The van der Waals surface area contributed by atoms with Gasteiger partial charge in [0.05, 0.1) is 17.5 Å². The van der Waals surface area contributed by atoms with E-state index in [0.29, 0.717) is 23.9 Å². The van der Waals surface area contributed by atoms with Gasteiger partial charge in [-0.1, -0.05) is 23.7 Å². The van der Waals surface area contributed by atoms with E-state index in [1.807, 2.05) is 25.2 Å². The van der Waals surface area contributed by atoms with E-state index in [1.54, 1.807) is 11.0 Å². The van der Waals surface area contributed by atoms with Crippen LogP contribution in [0.15, 0.2) is 24.3 Å². The fourth-order valence-electron chi connectivity index (χ4n) is 2.34. The Balaban J connectivity index is 0.00000220. The molecule has 0 radical (unpaired) electrons. The van der Waals surface area contributed by atoms with Gasteiger partial charge in [-0.3, -0.25) is 4.79 Å². The highest BCUT2D eigenvalue weighted by Gasteiger charge is 2.23. The fraction of sp³-hybridized carbons (Fsp3) is 0.533. The Morgan fingerprint density at radius 1 is 1.48 bits per heavy atom. The van der Waals surface area contributed by atoms with Crippen LogP contribution in [0, 0.1) is 5.92 Å². The maximum atomic E-state index is 12.2. The molecule has 1 saturated heterocycles. The zero-order chi connectivity index (χ0) is 14.4. The summed E-state index contributed by atoms with van der Waals surface area (Å²) < 4.78 is 5.60. The zero-order valence-electron chi connectivity index (χ0n) is 12.2. The molecule has 1 aliphatic heterocycles. The molecular weight excluding hydrogens is 311 g/mol. The Morgan fingerprint density at radius 2 is 2.24 bits per heavy atom. The summed E-state index contributed by atoms with van der Waals surface area (Å²) in [5.41, 5.74) is 0. The van der Waals surface area contributed by atoms with Crippen molar-refractivity contribution < 1.29 is 9.53 Å². The molecule has 0 aliphatic carbocycles. The first-order valence-electron chi connectivity index (χ1n) is 7.01. The number of hydrogen-bond donors (Lipinski definition) is 1. The van der Waals surface area contributed by atoms with Gasteiger partial charge < -0.3 is 15.0 Å². The average Bonchev–Trinajstić information content (AvgIpc) is 2.49. The van der Waals surface area contributed by atoms with E-state index < -0.39 is 0 Å². The molecule has 1 aliphatic rings.